The predicted octanol–water partition coefficient (Wildman–Crippen LogP) is 2.87. The zero-order valence-electron chi connectivity index (χ0n) is 14.6. The third kappa shape index (κ3) is 3.05. The van der Waals surface area contributed by atoms with Gasteiger partial charge in [0.05, 0.1) is 0 Å². The number of benzene rings is 1. The molecule has 3 aromatic rings. The number of nitrogens with zero attached hydrogens (tertiary/aromatic N) is 3. The Kier molecular flexibility index (Phi) is 4.61. The molecular formula is C18H13F4N4SSi. The van der Waals surface area contributed by atoms with Gasteiger partial charge in [-0.2, -0.15) is 23.5 Å². The van der Waals surface area contributed by atoms with Gasteiger partial charge >= 0.3 is 6.18 Å². The van der Waals surface area contributed by atoms with Crippen molar-refractivity contribution in [1.29, 1.82) is 5.26 Å². The fourth-order valence-electron chi connectivity index (χ4n) is 3.31. The van der Waals surface area contributed by atoms with Gasteiger partial charge in [0.25, 0.3) is 0 Å². The minimum Gasteiger partial charge on any atom is -0.326 e. The van der Waals surface area contributed by atoms with Crippen molar-refractivity contribution < 1.29 is 17.6 Å². The van der Waals surface area contributed by atoms with E-state index in [9.17, 15) is 17.6 Å². The Hall–Kier alpha value is -2.48. The quantitative estimate of drug-likeness (QED) is 0.523. The van der Waals surface area contributed by atoms with E-state index in [1.807, 2.05) is 0 Å². The highest BCUT2D eigenvalue weighted by atomic mass is 32.1. The summed E-state index contributed by atoms with van der Waals surface area (Å²) in [5.74, 6) is -0.720. The molecule has 0 saturated carbocycles. The second kappa shape index (κ2) is 6.84. The van der Waals surface area contributed by atoms with E-state index in [4.69, 9.17) is 5.26 Å². The molecule has 4 nitrogen and oxygen atoms in total. The molecule has 0 unspecified atom stereocenters. The van der Waals surface area contributed by atoms with Crippen molar-refractivity contribution in [1.82, 2.24) is 14.8 Å². The molecule has 1 aromatic carbocycles. The first-order valence-electron chi connectivity index (χ1n) is 8.41. The number of fused-ring (bicyclic) bond motifs is 1. The Morgan fingerprint density at radius 2 is 2.14 bits per heavy atom. The van der Waals surface area contributed by atoms with Gasteiger partial charge in [0.1, 0.15) is 16.8 Å². The number of aryl methyl sites for hydroxylation is 1. The summed E-state index contributed by atoms with van der Waals surface area (Å²) in [6.45, 7) is 2.43. The maximum Gasteiger partial charge on any atom is 0.435 e. The van der Waals surface area contributed by atoms with Crippen LogP contribution in [0.2, 0.25) is 0 Å². The van der Waals surface area contributed by atoms with E-state index in [0.29, 0.717) is 16.6 Å². The van der Waals surface area contributed by atoms with Gasteiger partial charge in [-0.1, -0.05) is 12.1 Å². The number of aromatic nitrogens is 2. The highest BCUT2D eigenvalue weighted by Gasteiger charge is 2.40. The number of nitrogens with one attached hydrogen (secondary N) is 1. The molecule has 1 aliphatic heterocycles. The Balaban J connectivity index is 1.92. The van der Waals surface area contributed by atoms with Gasteiger partial charge in [-0.25, -0.2) is 4.39 Å². The van der Waals surface area contributed by atoms with Gasteiger partial charge in [-0.15, -0.1) is 11.3 Å². The average Bonchev–Trinajstić information content (AvgIpc) is 3.34. The summed E-state index contributed by atoms with van der Waals surface area (Å²) < 4.78 is 56.7. The molecule has 0 spiro atoms. The van der Waals surface area contributed by atoms with Gasteiger partial charge in [0, 0.05) is 35.3 Å². The molecule has 0 saturated heterocycles. The van der Waals surface area contributed by atoms with E-state index in [-0.39, 0.29) is 17.7 Å². The van der Waals surface area contributed by atoms with Crippen LogP contribution in [0.5, 0.6) is 0 Å². The first-order valence-corrected chi connectivity index (χ1v) is 10.7. The van der Waals surface area contributed by atoms with Crippen LogP contribution in [-0.2, 0) is 19.3 Å². The van der Waals surface area contributed by atoms with Crippen molar-refractivity contribution in [2.45, 2.75) is 26.2 Å². The highest BCUT2D eigenvalue weighted by Crippen LogP contribution is 2.36. The van der Waals surface area contributed by atoms with Crippen LogP contribution >= 0.6 is 11.3 Å². The third-order valence-corrected chi connectivity index (χ3v) is 8.21. The van der Waals surface area contributed by atoms with Crippen LogP contribution in [0.1, 0.15) is 22.4 Å². The van der Waals surface area contributed by atoms with Crippen molar-refractivity contribution in [2.75, 3.05) is 0 Å². The second-order valence-electron chi connectivity index (χ2n) is 6.20. The van der Waals surface area contributed by atoms with Crippen LogP contribution in [0.4, 0.5) is 17.6 Å². The summed E-state index contributed by atoms with van der Waals surface area (Å²) in [7, 11) is -1.73. The normalized spacial score (nSPS) is 14.3. The van der Waals surface area contributed by atoms with E-state index in [1.54, 1.807) is 19.1 Å². The lowest BCUT2D eigenvalue weighted by molar-refractivity contribution is -0.141. The fourth-order valence-corrected chi connectivity index (χ4v) is 7.25. The van der Waals surface area contributed by atoms with Crippen LogP contribution in [0.3, 0.4) is 0 Å². The Labute approximate surface area is 163 Å². The van der Waals surface area contributed by atoms with Crippen LogP contribution in [-0.4, -0.2) is 18.7 Å². The number of hydrogen-bond donors (Lipinski definition) is 1. The maximum absolute atomic E-state index is 14.9. The smallest absolute Gasteiger partial charge is 0.326 e. The van der Waals surface area contributed by atoms with Gasteiger partial charge in [-0.05, 0) is 29.4 Å². The van der Waals surface area contributed by atoms with Crippen molar-refractivity contribution in [2.24, 2.45) is 0 Å². The third-order valence-electron chi connectivity index (χ3n) is 4.52. The maximum atomic E-state index is 14.9. The first kappa shape index (κ1) is 18.9. The molecule has 143 valence electrons. The fraction of sp³-hybridized carbons (Fsp3) is 0.222. The number of halogens is 4. The summed E-state index contributed by atoms with van der Waals surface area (Å²) >= 11 is 1.35. The zero-order chi connectivity index (χ0) is 20.1. The molecule has 0 fully saturated rings. The number of rotatable bonds is 3. The molecule has 0 aliphatic carbocycles. The van der Waals surface area contributed by atoms with Crippen LogP contribution in [0, 0.1) is 17.1 Å². The topological polar surface area (TPSA) is 53.6 Å². The molecule has 2 aromatic heterocycles. The summed E-state index contributed by atoms with van der Waals surface area (Å²) in [4.78, 5) is 4.83. The van der Waals surface area contributed by atoms with E-state index in [2.05, 4.69) is 16.2 Å². The Morgan fingerprint density at radius 3 is 2.82 bits per heavy atom. The number of thiophene rings is 1. The molecule has 10 heteroatoms. The minimum atomic E-state index is -4.70. The van der Waals surface area contributed by atoms with Gasteiger partial charge in [0.2, 0.25) is 8.96 Å². The largest absolute Gasteiger partial charge is 0.435 e. The standard InChI is InChI=1S/C18H13F4N4SSi/c1-2-26-9-11(17(25-26)18(20,21)22)16-12(19)4-3-5-14(16)28-15-6-10(7-23)27-13(15)8-24-28/h3-6,9,24H,2,8H2,1H3. The molecule has 1 N–H and O–H groups in total. The molecule has 4 rings (SSSR count). The first-order chi connectivity index (χ1) is 13.3. The van der Waals surface area contributed by atoms with Gasteiger partial charge < -0.3 is 4.98 Å². The summed E-state index contributed by atoms with van der Waals surface area (Å²) in [6, 6.07) is 8.17. The van der Waals surface area contributed by atoms with Crippen LogP contribution in [0.25, 0.3) is 11.1 Å². The monoisotopic (exact) mass is 421 g/mol. The summed E-state index contributed by atoms with van der Waals surface area (Å²) in [5.41, 5.74) is -1.43. The van der Waals surface area contributed by atoms with E-state index >= 15 is 0 Å². The van der Waals surface area contributed by atoms with Crippen molar-refractivity contribution in [3.63, 3.8) is 0 Å². The molecule has 3 heterocycles. The Bertz CT molecular complexity index is 1100. The lowest BCUT2D eigenvalue weighted by Crippen LogP contribution is -2.49. The molecule has 0 atom stereocenters. The molecule has 28 heavy (non-hydrogen) atoms. The van der Waals surface area contributed by atoms with Crippen molar-refractivity contribution in [3.8, 4) is 17.2 Å². The highest BCUT2D eigenvalue weighted by molar-refractivity contribution is 7.15. The minimum absolute atomic E-state index is 0.0755. The lowest BCUT2D eigenvalue weighted by Gasteiger charge is -2.16. The van der Waals surface area contributed by atoms with Crippen molar-refractivity contribution >= 4 is 30.7 Å². The zero-order valence-corrected chi connectivity index (χ0v) is 16.4. The number of hydrogen-bond acceptors (Lipinski definition) is 4. The number of alkyl halides is 3. The van der Waals surface area contributed by atoms with Gasteiger partial charge in [0.15, 0.2) is 5.69 Å². The van der Waals surface area contributed by atoms with Crippen LogP contribution in [0.15, 0.2) is 30.5 Å². The van der Waals surface area contributed by atoms with E-state index in [1.165, 1.54) is 23.6 Å². The molecular weight excluding hydrogens is 408 g/mol. The predicted molar refractivity (Wildman–Crippen MR) is 99.2 cm³/mol. The molecule has 1 radical (unpaired) electrons. The number of nitriles is 1. The van der Waals surface area contributed by atoms with E-state index in [0.717, 1.165) is 20.8 Å². The summed E-state index contributed by atoms with van der Waals surface area (Å²) in [6.07, 6.45) is -3.45. The average molecular weight is 421 g/mol. The lowest BCUT2D eigenvalue weighted by atomic mass is 10.1. The Morgan fingerprint density at radius 1 is 1.36 bits per heavy atom. The van der Waals surface area contributed by atoms with Gasteiger partial charge in [-0.3, -0.25) is 4.68 Å². The van der Waals surface area contributed by atoms with Crippen LogP contribution < -0.4 is 15.4 Å². The molecule has 0 bridgehead atoms. The van der Waals surface area contributed by atoms with E-state index < -0.39 is 26.6 Å². The van der Waals surface area contributed by atoms with Crippen molar-refractivity contribution in [3.05, 3.63) is 51.7 Å². The molecule has 0 amide bonds. The summed E-state index contributed by atoms with van der Waals surface area (Å²) in [5, 5.41) is 14.2. The second-order valence-corrected chi connectivity index (χ2v) is 9.51. The molecule has 1 aliphatic rings. The SMILES string of the molecule is CCn1cc(-c2c(F)cccc2[Si]2NCc3sc(C#N)cc32)c(C(F)(F)F)n1.